The van der Waals surface area contributed by atoms with Crippen LogP contribution < -0.4 is 5.32 Å². The van der Waals surface area contributed by atoms with E-state index >= 15 is 0 Å². The summed E-state index contributed by atoms with van der Waals surface area (Å²) >= 11 is 0. The van der Waals surface area contributed by atoms with Crippen molar-refractivity contribution in [2.75, 3.05) is 13.6 Å². The monoisotopic (exact) mass is 169 g/mol. The third-order valence-corrected chi connectivity index (χ3v) is 2.56. The first-order chi connectivity index (χ1) is 5.74. The minimum atomic E-state index is -0.225. The van der Waals surface area contributed by atoms with Gasteiger partial charge in [0.15, 0.2) is 0 Å². The maximum absolute atomic E-state index is 9.53. The lowest BCUT2D eigenvalue weighted by Crippen LogP contribution is -2.46. The number of hydrogen-bond donors (Lipinski definition) is 2. The second kappa shape index (κ2) is 2.83. The van der Waals surface area contributed by atoms with Crippen molar-refractivity contribution < 1.29 is 9.84 Å². The van der Waals surface area contributed by atoms with Crippen molar-refractivity contribution in [1.82, 2.24) is 5.32 Å². The number of ether oxygens (including phenoxy) is 1. The van der Waals surface area contributed by atoms with Crippen molar-refractivity contribution in [1.29, 1.82) is 0 Å². The Hall–Kier alpha value is -0.380. The molecule has 0 spiro atoms. The summed E-state index contributed by atoms with van der Waals surface area (Å²) < 4.78 is 5.76. The van der Waals surface area contributed by atoms with Gasteiger partial charge in [-0.3, -0.25) is 0 Å². The molecule has 0 aromatic heterocycles. The highest BCUT2D eigenvalue weighted by Crippen LogP contribution is 2.35. The molecule has 3 nitrogen and oxygen atoms in total. The second-order valence-electron chi connectivity index (χ2n) is 3.70. The Labute approximate surface area is 72.4 Å². The van der Waals surface area contributed by atoms with Crippen molar-refractivity contribution >= 4 is 0 Å². The van der Waals surface area contributed by atoms with Gasteiger partial charge in [-0.25, -0.2) is 0 Å². The summed E-state index contributed by atoms with van der Waals surface area (Å²) in [4.78, 5) is 0. The van der Waals surface area contributed by atoms with E-state index in [1.54, 1.807) is 0 Å². The van der Waals surface area contributed by atoms with Crippen molar-refractivity contribution in [2.24, 2.45) is 0 Å². The maximum Gasteiger partial charge on any atom is 0.102 e. The SMILES string of the molecule is CNCC12C=CC(CC(O)C1)O2. The fourth-order valence-electron chi connectivity index (χ4n) is 2.13. The van der Waals surface area contributed by atoms with Crippen LogP contribution in [-0.2, 0) is 4.74 Å². The van der Waals surface area contributed by atoms with E-state index in [-0.39, 0.29) is 17.8 Å². The Bertz CT molecular complexity index is 205. The molecule has 2 rings (SSSR count). The number of likely N-dealkylation sites (N-methyl/N-ethyl adjacent to an activating group) is 1. The van der Waals surface area contributed by atoms with Gasteiger partial charge in [-0.1, -0.05) is 12.2 Å². The average Bonchev–Trinajstić information content (AvgIpc) is 2.27. The molecule has 2 N–H and O–H groups in total. The van der Waals surface area contributed by atoms with E-state index in [1.165, 1.54) is 0 Å². The molecule has 1 saturated heterocycles. The highest BCUT2D eigenvalue weighted by Gasteiger charge is 2.41. The Morgan fingerprint density at radius 3 is 3.33 bits per heavy atom. The van der Waals surface area contributed by atoms with Crippen molar-refractivity contribution in [3.63, 3.8) is 0 Å². The molecule has 2 heterocycles. The quantitative estimate of drug-likeness (QED) is 0.574. The van der Waals surface area contributed by atoms with Gasteiger partial charge in [0.1, 0.15) is 5.60 Å². The summed E-state index contributed by atoms with van der Waals surface area (Å²) in [5, 5.41) is 12.6. The van der Waals surface area contributed by atoms with Crippen LogP contribution in [0.5, 0.6) is 0 Å². The third kappa shape index (κ3) is 1.28. The molecule has 68 valence electrons. The molecule has 1 fully saturated rings. The number of fused-ring (bicyclic) bond motifs is 2. The smallest absolute Gasteiger partial charge is 0.102 e. The molecule has 2 bridgehead atoms. The van der Waals surface area contributed by atoms with E-state index in [2.05, 4.69) is 17.5 Å². The molecular formula is C9H15NO2. The number of nitrogens with one attached hydrogen (secondary N) is 1. The number of aliphatic hydroxyl groups is 1. The molecule has 0 saturated carbocycles. The van der Waals surface area contributed by atoms with Crippen LogP contribution >= 0.6 is 0 Å². The Kier molecular flexibility index (Phi) is 1.94. The molecule has 12 heavy (non-hydrogen) atoms. The molecule has 2 aliphatic rings. The number of rotatable bonds is 2. The molecule has 0 aromatic rings. The highest BCUT2D eigenvalue weighted by atomic mass is 16.5. The number of hydrogen-bond acceptors (Lipinski definition) is 3. The van der Waals surface area contributed by atoms with E-state index in [0.717, 1.165) is 19.4 Å². The molecule has 0 radical (unpaired) electrons. The molecule has 3 atom stereocenters. The van der Waals surface area contributed by atoms with E-state index in [0.29, 0.717) is 0 Å². The zero-order chi connectivity index (χ0) is 8.60. The zero-order valence-electron chi connectivity index (χ0n) is 7.29. The van der Waals surface area contributed by atoms with Gasteiger partial charge in [0.25, 0.3) is 0 Å². The van der Waals surface area contributed by atoms with Crippen LogP contribution in [0.4, 0.5) is 0 Å². The number of aliphatic hydroxyl groups excluding tert-OH is 1. The largest absolute Gasteiger partial charge is 0.393 e. The van der Waals surface area contributed by atoms with E-state index in [1.807, 2.05) is 7.05 Å². The summed E-state index contributed by atoms with van der Waals surface area (Å²) in [6.07, 6.45) is 5.56. The molecule has 0 amide bonds. The first kappa shape index (κ1) is 8.23. The lowest BCUT2D eigenvalue weighted by molar-refractivity contribution is -0.102. The van der Waals surface area contributed by atoms with Gasteiger partial charge >= 0.3 is 0 Å². The summed E-state index contributed by atoms with van der Waals surface area (Å²) in [6.45, 7) is 0.789. The van der Waals surface area contributed by atoms with Crippen molar-refractivity contribution in [2.45, 2.75) is 30.7 Å². The van der Waals surface area contributed by atoms with Gasteiger partial charge in [-0.05, 0) is 7.05 Å². The van der Waals surface area contributed by atoms with Gasteiger partial charge in [-0.15, -0.1) is 0 Å². The third-order valence-electron chi connectivity index (χ3n) is 2.56. The predicted molar refractivity (Wildman–Crippen MR) is 45.9 cm³/mol. The first-order valence-electron chi connectivity index (χ1n) is 4.44. The topological polar surface area (TPSA) is 41.5 Å². The normalized spacial score (nSPS) is 45.2. The van der Waals surface area contributed by atoms with Gasteiger partial charge in [-0.2, -0.15) is 0 Å². The van der Waals surface area contributed by atoms with Crippen LogP contribution in [0.15, 0.2) is 12.2 Å². The standard InChI is InChI=1S/C9H15NO2/c1-10-6-9-3-2-8(12-9)4-7(11)5-9/h2-3,7-8,10-11H,4-6H2,1H3. The van der Waals surface area contributed by atoms with Crippen LogP contribution in [0.3, 0.4) is 0 Å². The highest BCUT2D eigenvalue weighted by molar-refractivity contribution is 5.16. The predicted octanol–water partition coefficient (Wildman–Crippen LogP) is 0.0543. The minimum absolute atomic E-state index is 0.141. The summed E-state index contributed by atoms with van der Waals surface area (Å²) in [6, 6.07) is 0. The van der Waals surface area contributed by atoms with Gasteiger partial charge in [0, 0.05) is 19.4 Å². The van der Waals surface area contributed by atoms with Crippen molar-refractivity contribution in [3.05, 3.63) is 12.2 Å². The molecule has 2 aliphatic heterocycles. The van der Waals surface area contributed by atoms with E-state index < -0.39 is 0 Å². The van der Waals surface area contributed by atoms with Crippen molar-refractivity contribution in [3.8, 4) is 0 Å². The van der Waals surface area contributed by atoms with E-state index in [4.69, 9.17) is 4.74 Å². The summed E-state index contributed by atoms with van der Waals surface area (Å²) in [7, 11) is 1.90. The van der Waals surface area contributed by atoms with Crippen LogP contribution in [0, 0.1) is 0 Å². The van der Waals surface area contributed by atoms with Crippen LogP contribution in [0.2, 0.25) is 0 Å². The molecule has 3 heteroatoms. The van der Waals surface area contributed by atoms with Crippen LogP contribution in [0.1, 0.15) is 12.8 Å². The van der Waals surface area contributed by atoms with Crippen LogP contribution in [-0.4, -0.2) is 36.5 Å². The fraction of sp³-hybridized carbons (Fsp3) is 0.778. The average molecular weight is 169 g/mol. The Morgan fingerprint density at radius 1 is 1.75 bits per heavy atom. The fourth-order valence-corrected chi connectivity index (χ4v) is 2.13. The second-order valence-corrected chi connectivity index (χ2v) is 3.70. The zero-order valence-corrected chi connectivity index (χ0v) is 7.29. The Balaban J connectivity index is 2.10. The molecular weight excluding hydrogens is 154 g/mol. The summed E-state index contributed by atoms with van der Waals surface area (Å²) in [5.41, 5.74) is -0.225. The minimum Gasteiger partial charge on any atom is -0.393 e. The van der Waals surface area contributed by atoms with Gasteiger partial charge in [0.05, 0.1) is 12.2 Å². The summed E-state index contributed by atoms with van der Waals surface area (Å²) in [5.74, 6) is 0. The van der Waals surface area contributed by atoms with E-state index in [9.17, 15) is 5.11 Å². The maximum atomic E-state index is 9.53. The van der Waals surface area contributed by atoms with Gasteiger partial charge in [0.2, 0.25) is 0 Å². The lowest BCUT2D eigenvalue weighted by Gasteiger charge is -2.35. The first-order valence-corrected chi connectivity index (χ1v) is 4.44. The molecule has 0 aromatic carbocycles. The van der Waals surface area contributed by atoms with Crippen LogP contribution in [0.25, 0.3) is 0 Å². The molecule has 3 unspecified atom stereocenters. The van der Waals surface area contributed by atoms with Gasteiger partial charge < -0.3 is 15.2 Å². The Morgan fingerprint density at radius 2 is 2.58 bits per heavy atom. The lowest BCUT2D eigenvalue weighted by atomic mass is 9.94. The molecule has 0 aliphatic carbocycles.